The molecule has 0 aliphatic heterocycles. The first-order chi connectivity index (χ1) is 9.83. The molecule has 0 saturated carbocycles. The zero-order valence-corrected chi connectivity index (χ0v) is 15.0. The van der Waals surface area contributed by atoms with E-state index in [4.69, 9.17) is 4.74 Å². The molecule has 112 valence electrons. The maximum absolute atomic E-state index is 11.6. The normalized spacial score (nSPS) is 11.2. The van der Waals surface area contributed by atoms with Crippen LogP contribution in [0, 0.1) is 3.57 Å². The van der Waals surface area contributed by atoms with Gasteiger partial charge in [-0.3, -0.25) is 0 Å². The number of alkyl carbamates (subject to hydrolysis) is 1. The van der Waals surface area contributed by atoms with Gasteiger partial charge < -0.3 is 10.1 Å². The molecule has 21 heavy (non-hydrogen) atoms. The van der Waals surface area contributed by atoms with E-state index >= 15 is 0 Å². The molecule has 1 N–H and O–H groups in total. The fourth-order valence-corrected chi connectivity index (χ4v) is 2.84. The first-order valence-electron chi connectivity index (χ1n) is 6.39. The van der Waals surface area contributed by atoms with Crippen LogP contribution in [0.15, 0.2) is 24.3 Å². The quantitative estimate of drug-likeness (QED) is 0.772. The summed E-state index contributed by atoms with van der Waals surface area (Å²) in [5.41, 5.74) is 0.528. The van der Waals surface area contributed by atoms with Crippen molar-refractivity contribution >= 4 is 40.0 Å². The van der Waals surface area contributed by atoms with E-state index in [9.17, 15) is 4.79 Å². The number of hydrogen-bond acceptors (Lipinski definition) is 5. The van der Waals surface area contributed by atoms with Crippen LogP contribution in [0.3, 0.4) is 0 Å². The highest BCUT2D eigenvalue weighted by Crippen LogP contribution is 2.24. The first kappa shape index (κ1) is 16.2. The third-order valence-electron chi connectivity index (χ3n) is 2.32. The SMILES string of the molecule is CC(C)(C)OC(=O)NCc1nnc(-c2cccc(I)c2)s1. The lowest BCUT2D eigenvalue weighted by Gasteiger charge is -2.19. The summed E-state index contributed by atoms with van der Waals surface area (Å²) < 4.78 is 6.32. The average molecular weight is 417 g/mol. The zero-order chi connectivity index (χ0) is 15.5. The molecule has 0 aliphatic rings. The molecule has 0 atom stereocenters. The Bertz CT molecular complexity index is 637. The molecule has 0 radical (unpaired) electrons. The maximum atomic E-state index is 11.6. The van der Waals surface area contributed by atoms with Crippen LogP contribution in [-0.2, 0) is 11.3 Å². The summed E-state index contributed by atoms with van der Waals surface area (Å²) in [5.74, 6) is 0. The average Bonchev–Trinajstić information content (AvgIpc) is 2.83. The Balaban J connectivity index is 1.96. The minimum absolute atomic E-state index is 0.316. The van der Waals surface area contributed by atoms with Crippen molar-refractivity contribution in [1.82, 2.24) is 15.5 Å². The van der Waals surface area contributed by atoms with Gasteiger partial charge in [-0.2, -0.15) is 0 Å². The molecule has 7 heteroatoms. The molecule has 0 spiro atoms. The molecule has 0 fully saturated rings. The largest absolute Gasteiger partial charge is 0.444 e. The zero-order valence-electron chi connectivity index (χ0n) is 12.0. The number of carbonyl (C=O) groups excluding carboxylic acids is 1. The van der Waals surface area contributed by atoms with Gasteiger partial charge in [-0.05, 0) is 55.5 Å². The smallest absolute Gasteiger partial charge is 0.408 e. The Morgan fingerprint density at radius 1 is 1.38 bits per heavy atom. The first-order valence-corrected chi connectivity index (χ1v) is 8.28. The van der Waals surface area contributed by atoms with E-state index in [0.717, 1.165) is 19.1 Å². The van der Waals surface area contributed by atoms with Gasteiger partial charge in [-0.15, -0.1) is 10.2 Å². The molecular formula is C14H16IN3O2S. The summed E-state index contributed by atoms with van der Waals surface area (Å²) in [4.78, 5) is 11.6. The Morgan fingerprint density at radius 3 is 2.81 bits per heavy atom. The molecule has 2 rings (SSSR count). The molecule has 1 aromatic heterocycles. The predicted octanol–water partition coefficient (Wildman–Crippen LogP) is 3.83. The highest BCUT2D eigenvalue weighted by molar-refractivity contribution is 14.1. The molecule has 1 aromatic carbocycles. The van der Waals surface area contributed by atoms with Gasteiger partial charge >= 0.3 is 6.09 Å². The Morgan fingerprint density at radius 2 is 2.14 bits per heavy atom. The van der Waals surface area contributed by atoms with Crippen molar-refractivity contribution in [3.63, 3.8) is 0 Å². The Kier molecular flexibility index (Phi) is 5.15. The van der Waals surface area contributed by atoms with E-state index in [1.54, 1.807) is 0 Å². The van der Waals surface area contributed by atoms with Crippen LogP contribution in [-0.4, -0.2) is 21.9 Å². The van der Waals surface area contributed by atoms with Crippen LogP contribution in [0.25, 0.3) is 10.6 Å². The number of nitrogens with zero attached hydrogens (tertiary/aromatic N) is 2. The van der Waals surface area contributed by atoms with Gasteiger partial charge in [0.15, 0.2) is 0 Å². The number of amides is 1. The van der Waals surface area contributed by atoms with Crippen molar-refractivity contribution in [3.8, 4) is 10.6 Å². The molecule has 0 aliphatic carbocycles. The summed E-state index contributed by atoms with van der Waals surface area (Å²) in [6.45, 7) is 5.79. The van der Waals surface area contributed by atoms with E-state index in [1.807, 2.05) is 45.0 Å². The number of aromatic nitrogens is 2. The summed E-state index contributed by atoms with van der Waals surface area (Å²) in [6, 6.07) is 8.05. The maximum Gasteiger partial charge on any atom is 0.408 e. The van der Waals surface area contributed by atoms with Gasteiger partial charge in [0.05, 0.1) is 6.54 Å². The van der Waals surface area contributed by atoms with E-state index < -0.39 is 11.7 Å². The Hall–Kier alpha value is -1.22. The van der Waals surface area contributed by atoms with Gasteiger partial charge in [-0.25, -0.2) is 4.79 Å². The molecule has 5 nitrogen and oxygen atoms in total. The van der Waals surface area contributed by atoms with Crippen molar-refractivity contribution in [2.45, 2.75) is 32.9 Å². The number of rotatable bonds is 3. The van der Waals surface area contributed by atoms with Crippen molar-refractivity contribution in [3.05, 3.63) is 32.8 Å². The number of halogens is 1. The summed E-state index contributed by atoms with van der Waals surface area (Å²) in [7, 11) is 0. The lowest BCUT2D eigenvalue weighted by molar-refractivity contribution is 0.0523. The van der Waals surface area contributed by atoms with Crippen LogP contribution in [0.1, 0.15) is 25.8 Å². The number of hydrogen-bond donors (Lipinski definition) is 1. The second-order valence-corrected chi connectivity index (χ2v) is 7.67. The molecule has 2 aromatic rings. The predicted molar refractivity (Wildman–Crippen MR) is 91.1 cm³/mol. The van der Waals surface area contributed by atoms with Gasteiger partial charge in [0.2, 0.25) is 0 Å². The van der Waals surface area contributed by atoms with Crippen molar-refractivity contribution in [2.75, 3.05) is 0 Å². The minimum atomic E-state index is -0.503. The highest BCUT2D eigenvalue weighted by atomic mass is 127. The monoisotopic (exact) mass is 417 g/mol. The summed E-state index contributed by atoms with van der Waals surface area (Å²) in [6.07, 6.45) is -0.450. The van der Waals surface area contributed by atoms with E-state index in [-0.39, 0.29) is 0 Å². The Labute approximate surface area is 141 Å². The second-order valence-electron chi connectivity index (χ2n) is 5.37. The van der Waals surface area contributed by atoms with E-state index in [0.29, 0.717) is 6.54 Å². The van der Waals surface area contributed by atoms with Crippen LogP contribution >= 0.6 is 33.9 Å². The number of benzene rings is 1. The number of nitrogens with one attached hydrogen (secondary N) is 1. The van der Waals surface area contributed by atoms with Crippen LogP contribution in [0.4, 0.5) is 4.79 Å². The number of carbonyl (C=O) groups is 1. The number of ether oxygens (including phenoxy) is 1. The summed E-state index contributed by atoms with van der Waals surface area (Å²) >= 11 is 3.72. The third kappa shape index (κ3) is 5.24. The molecule has 1 heterocycles. The molecule has 0 saturated heterocycles. The second kappa shape index (κ2) is 6.69. The molecule has 1 amide bonds. The third-order valence-corrected chi connectivity index (χ3v) is 3.96. The van der Waals surface area contributed by atoms with Crippen molar-refractivity contribution in [2.24, 2.45) is 0 Å². The van der Waals surface area contributed by atoms with Gasteiger partial charge in [0, 0.05) is 9.13 Å². The van der Waals surface area contributed by atoms with Crippen LogP contribution in [0.2, 0.25) is 0 Å². The van der Waals surface area contributed by atoms with E-state index in [2.05, 4.69) is 38.1 Å². The lowest BCUT2D eigenvalue weighted by Crippen LogP contribution is -2.32. The topological polar surface area (TPSA) is 64.1 Å². The van der Waals surface area contributed by atoms with Crippen molar-refractivity contribution in [1.29, 1.82) is 0 Å². The lowest BCUT2D eigenvalue weighted by atomic mass is 10.2. The highest BCUT2D eigenvalue weighted by Gasteiger charge is 2.16. The van der Waals surface area contributed by atoms with Crippen LogP contribution in [0.5, 0.6) is 0 Å². The fourth-order valence-electron chi connectivity index (χ4n) is 1.53. The van der Waals surface area contributed by atoms with Gasteiger partial charge in [0.25, 0.3) is 0 Å². The van der Waals surface area contributed by atoms with E-state index in [1.165, 1.54) is 11.3 Å². The minimum Gasteiger partial charge on any atom is -0.444 e. The van der Waals surface area contributed by atoms with Gasteiger partial charge in [-0.1, -0.05) is 23.5 Å². The van der Waals surface area contributed by atoms with Gasteiger partial charge in [0.1, 0.15) is 15.6 Å². The standard InChI is InChI=1S/C14H16IN3O2S/c1-14(2,3)20-13(19)16-8-11-17-18-12(21-11)9-5-4-6-10(15)7-9/h4-7H,8H2,1-3H3,(H,16,19). The summed E-state index contributed by atoms with van der Waals surface area (Å²) in [5, 5.41) is 12.5. The molecule has 0 bridgehead atoms. The molecular weight excluding hydrogens is 401 g/mol. The molecule has 0 unspecified atom stereocenters. The van der Waals surface area contributed by atoms with Crippen LogP contribution < -0.4 is 5.32 Å². The fraction of sp³-hybridized carbons (Fsp3) is 0.357. The van der Waals surface area contributed by atoms with Crippen molar-refractivity contribution < 1.29 is 9.53 Å².